The number of primary amides is 1. The fourth-order valence-corrected chi connectivity index (χ4v) is 4.00. The average molecular weight is 333 g/mol. The quantitative estimate of drug-likeness (QED) is 0.913. The Hall–Kier alpha value is -1.82. The Morgan fingerprint density at radius 1 is 1.17 bits per heavy atom. The second-order valence-corrected chi connectivity index (χ2v) is 6.95. The van der Waals surface area contributed by atoms with Gasteiger partial charge in [0, 0.05) is 13.1 Å². The summed E-state index contributed by atoms with van der Waals surface area (Å²) < 4.78 is 5.60. The molecule has 132 valence electrons. The molecule has 2 unspecified atom stereocenters. The van der Waals surface area contributed by atoms with E-state index < -0.39 is 0 Å². The Morgan fingerprint density at radius 3 is 2.79 bits per heavy atom. The number of furan rings is 1. The molecule has 0 aromatic carbocycles. The minimum Gasteiger partial charge on any atom is -0.467 e. The molecule has 24 heavy (non-hydrogen) atoms. The van der Waals surface area contributed by atoms with Gasteiger partial charge in [0.2, 0.25) is 11.8 Å². The first-order valence-corrected chi connectivity index (χ1v) is 8.99. The topological polar surface area (TPSA) is 79.8 Å². The molecule has 2 aliphatic rings. The highest BCUT2D eigenvalue weighted by Crippen LogP contribution is 2.32. The van der Waals surface area contributed by atoms with Crippen molar-refractivity contribution >= 4 is 11.8 Å². The number of rotatable bonds is 4. The lowest BCUT2D eigenvalue weighted by molar-refractivity contribution is -0.141. The van der Waals surface area contributed by atoms with E-state index in [9.17, 15) is 9.59 Å². The van der Waals surface area contributed by atoms with E-state index in [0.29, 0.717) is 6.54 Å². The molecule has 2 saturated heterocycles. The zero-order valence-electron chi connectivity index (χ0n) is 14.2. The van der Waals surface area contributed by atoms with Crippen LogP contribution in [0.4, 0.5) is 0 Å². The molecule has 0 spiro atoms. The maximum Gasteiger partial charge on any atom is 0.231 e. The maximum atomic E-state index is 13.2. The van der Waals surface area contributed by atoms with Crippen LogP contribution in [0.15, 0.2) is 22.8 Å². The molecular formula is C18H27N3O3. The number of nitrogens with two attached hydrogens (primary N) is 1. The summed E-state index contributed by atoms with van der Waals surface area (Å²) in [6.45, 7) is 2.50. The number of piperidine rings is 1. The predicted octanol–water partition coefficient (Wildman–Crippen LogP) is 1.92. The van der Waals surface area contributed by atoms with Crippen LogP contribution in [-0.2, 0) is 9.59 Å². The Kier molecular flexibility index (Phi) is 5.56. The van der Waals surface area contributed by atoms with Gasteiger partial charge >= 0.3 is 0 Å². The van der Waals surface area contributed by atoms with Crippen molar-refractivity contribution in [1.29, 1.82) is 0 Å². The van der Waals surface area contributed by atoms with Crippen LogP contribution >= 0.6 is 0 Å². The number of carbonyl (C=O) groups is 2. The van der Waals surface area contributed by atoms with E-state index in [0.717, 1.165) is 57.4 Å². The molecule has 2 amide bonds. The third kappa shape index (κ3) is 3.98. The van der Waals surface area contributed by atoms with Crippen LogP contribution in [0.5, 0.6) is 0 Å². The monoisotopic (exact) mass is 333 g/mol. The van der Waals surface area contributed by atoms with Crippen LogP contribution in [0.3, 0.4) is 0 Å². The smallest absolute Gasteiger partial charge is 0.231 e. The summed E-state index contributed by atoms with van der Waals surface area (Å²) in [6.07, 6.45) is 7.77. The van der Waals surface area contributed by atoms with E-state index in [4.69, 9.17) is 10.2 Å². The summed E-state index contributed by atoms with van der Waals surface area (Å²) in [4.78, 5) is 28.4. The highest BCUT2D eigenvalue weighted by molar-refractivity contribution is 5.80. The lowest BCUT2D eigenvalue weighted by Crippen LogP contribution is -2.47. The SMILES string of the molecule is NC(=O)CN1CCCC(C(=O)N2CCCCCC2c2ccco2)C1. The van der Waals surface area contributed by atoms with Gasteiger partial charge in [0.1, 0.15) is 5.76 Å². The van der Waals surface area contributed by atoms with Gasteiger partial charge in [-0.25, -0.2) is 0 Å². The van der Waals surface area contributed by atoms with Crippen LogP contribution in [0, 0.1) is 5.92 Å². The van der Waals surface area contributed by atoms with E-state index >= 15 is 0 Å². The van der Waals surface area contributed by atoms with Crippen molar-refractivity contribution in [2.75, 3.05) is 26.2 Å². The van der Waals surface area contributed by atoms with Crippen LogP contribution in [0.25, 0.3) is 0 Å². The maximum absolute atomic E-state index is 13.2. The third-order valence-electron chi connectivity index (χ3n) is 5.14. The first-order valence-electron chi connectivity index (χ1n) is 8.99. The summed E-state index contributed by atoms with van der Waals surface area (Å²) in [7, 11) is 0. The van der Waals surface area contributed by atoms with E-state index in [1.807, 2.05) is 21.9 Å². The van der Waals surface area contributed by atoms with Crippen molar-refractivity contribution in [2.45, 2.75) is 44.6 Å². The molecule has 0 aliphatic carbocycles. The molecule has 1 aromatic heterocycles. The summed E-state index contributed by atoms with van der Waals surface area (Å²) in [6, 6.07) is 3.90. The van der Waals surface area contributed by atoms with E-state index in [1.165, 1.54) is 0 Å². The highest BCUT2D eigenvalue weighted by atomic mass is 16.3. The molecular weight excluding hydrogens is 306 g/mol. The van der Waals surface area contributed by atoms with Gasteiger partial charge in [0.05, 0.1) is 24.8 Å². The zero-order chi connectivity index (χ0) is 16.9. The Balaban J connectivity index is 1.72. The standard InChI is InChI=1S/C18H27N3O3/c19-17(22)13-20-9-4-6-14(12-20)18(23)21-10-3-1-2-7-15(21)16-8-5-11-24-16/h5,8,11,14-15H,1-4,6-7,9-10,12-13H2,(H2,19,22). The molecule has 2 aliphatic heterocycles. The van der Waals surface area contributed by atoms with Gasteiger partial charge in [-0.05, 0) is 44.4 Å². The molecule has 2 atom stereocenters. The Bertz CT molecular complexity index is 558. The van der Waals surface area contributed by atoms with Gasteiger partial charge in [-0.2, -0.15) is 0 Å². The van der Waals surface area contributed by atoms with Crippen LogP contribution in [0.1, 0.15) is 50.3 Å². The molecule has 3 heterocycles. The number of hydrogen-bond acceptors (Lipinski definition) is 4. The van der Waals surface area contributed by atoms with E-state index in [-0.39, 0.29) is 30.3 Å². The van der Waals surface area contributed by atoms with Crippen LogP contribution in [-0.4, -0.2) is 47.8 Å². The van der Waals surface area contributed by atoms with Crippen molar-refractivity contribution < 1.29 is 14.0 Å². The average Bonchev–Trinajstić information content (AvgIpc) is 2.98. The normalized spacial score (nSPS) is 26.1. The summed E-state index contributed by atoms with van der Waals surface area (Å²) in [5.41, 5.74) is 5.31. The fraction of sp³-hybridized carbons (Fsp3) is 0.667. The lowest BCUT2D eigenvalue weighted by atomic mass is 9.95. The first kappa shape index (κ1) is 17.0. The van der Waals surface area contributed by atoms with E-state index in [1.54, 1.807) is 6.26 Å². The molecule has 2 fully saturated rings. The number of carbonyl (C=O) groups excluding carboxylic acids is 2. The molecule has 1 aromatic rings. The highest BCUT2D eigenvalue weighted by Gasteiger charge is 2.35. The minimum absolute atomic E-state index is 0.0431. The second kappa shape index (κ2) is 7.83. The molecule has 3 rings (SSSR count). The Labute approximate surface area is 143 Å². The fourth-order valence-electron chi connectivity index (χ4n) is 4.00. The van der Waals surface area contributed by atoms with Gasteiger partial charge in [0.25, 0.3) is 0 Å². The molecule has 6 nitrogen and oxygen atoms in total. The van der Waals surface area contributed by atoms with Gasteiger partial charge in [-0.15, -0.1) is 0 Å². The third-order valence-corrected chi connectivity index (χ3v) is 5.14. The van der Waals surface area contributed by atoms with Crippen molar-refractivity contribution in [3.8, 4) is 0 Å². The van der Waals surface area contributed by atoms with Gasteiger partial charge in [0.15, 0.2) is 0 Å². The molecule has 0 saturated carbocycles. The Morgan fingerprint density at radius 2 is 2.04 bits per heavy atom. The van der Waals surface area contributed by atoms with Crippen molar-refractivity contribution in [3.63, 3.8) is 0 Å². The number of amides is 2. The van der Waals surface area contributed by atoms with Crippen molar-refractivity contribution in [3.05, 3.63) is 24.2 Å². The second-order valence-electron chi connectivity index (χ2n) is 6.95. The molecule has 6 heteroatoms. The largest absolute Gasteiger partial charge is 0.467 e. The number of nitrogens with zero attached hydrogens (tertiary/aromatic N) is 2. The van der Waals surface area contributed by atoms with Crippen LogP contribution in [0.2, 0.25) is 0 Å². The summed E-state index contributed by atoms with van der Waals surface area (Å²) >= 11 is 0. The van der Waals surface area contributed by atoms with Crippen molar-refractivity contribution in [2.24, 2.45) is 11.7 Å². The van der Waals surface area contributed by atoms with E-state index in [2.05, 4.69) is 0 Å². The molecule has 2 N–H and O–H groups in total. The van der Waals surface area contributed by atoms with Crippen LogP contribution < -0.4 is 5.73 Å². The minimum atomic E-state index is -0.327. The first-order chi connectivity index (χ1) is 11.6. The molecule has 0 radical (unpaired) electrons. The van der Waals surface area contributed by atoms with Gasteiger partial charge < -0.3 is 15.1 Å². The van der Waals surface area contributed by atoms with Gasteiger partial charge in [-0.1, -0.05) is 12.8 Å². The zero-order valence-corrected chi connectivity index (χ0v) is 14.2. The predicted molar refractivity (Wildman–Crippen MR) is 90.0 cm³/mol. The number of hydrogen-bond donors (Lipinski definition) is 1. The van der Waals surface area contributed by atoms with Gasteiger partial charge in [-0.3, -0.25) is 14.5 Å². The lowest BCUT2D eigenvalue weighted by Gasteiger charge is -2.36. The summed E-state index contributed by atoms with van der Waals surface area (Å²) in [5.74, 6) is 0.711. The number of likely N-dealkylation sites (tertiary alicyclic amines) is 2. The molecule has 0 bridgehead atoms. The van der Waals surface area contributed by atoms with Crippen molar-refractivity contribution in [1.82, 2.24) is 9.80 Å². The summed E-state index contributed by atoms with van der Waals surface area (Å²) in [5, 5.41) is 0.